The first-order valence-corrected chi connectivity index (χ1v) is 7.02. The number of benzene rings is 1. The van der Waals surface area contributed by atoms with E-state index in [1.165, 1.54) is 26.2 Å². The van der Waals surface area contributed by atoms with Crippen molar-refractivity contribution in [2.24, 2.45) is 0 Å². The third-order valence-corrected chi connectivity index (χ3v) is 3.86. The van der Waals surface area contributed by atoms with Gasteiger partial charge in [0, 0.05) is 39.3 Å². The molecule has 0 unspecified atom stereocenters. The molecular formula is C14H21N5. The third-order valence-electron chi connectivity index (χ3n) is 3.86. The molecule has 2 heterocycles. The average molecular weight is 259 g/mol. The highest BCUT2D eigenvalue weighted by molar-refractivity contribution is 5.73. The van der Waals surface area contributed by atoms with E-state index in [1.54, 1.807) is 0 Å². The van der Waals surface area contributed by atoms with Gasteiger partial charge in [0.15, 0.2) is 0 Å². The summed E-state index contributed by atoms with van der Waals surface area (Å²) in [4.78, 5) is 4.93. The molecule has 1 saturated heterocycles. The monoisotopic (exact) mass is 259 g/mol. The molecule has 1 aliphatic rings. The van der Waals surface area contributed by atoms with Crippen LogP contribution >= 0.6 is 0 Å². The van der Waals surface area contributed by atoms with Crippen molar-refractivity contribution < 1.29 is 0 Å². The number of likely N-dealkylation sites (N-methyl/N-ethyl adjacent to an activating group) is 1. The molecule has 0 N–H and O–H groups in total. The standard InChI is InChI=1S/C14H21N5/c1-17-9-11-18(12-10-17)7-4-8-19-14-6-3-2-5-13(14)15-16-19/h2-3,5-6H,4,7-12H2,1H3. The van der Waals surface area contributed by atoms with Crippen LogP contribution in [0.25, 0.3) is 11.0 Å². The molecule has 1 fully saturated rings. The molecule has 1 aromatic heterocycles. The molecule has 0 saturated carbocycles. The molecule has 1 aromatic carbocycles. The van der Waals surface area contributed by atoms with Gasteiger partial charge in [0.05, 0.1) is 5.52 Å². The maximum absolute atomic E-state index is 4.23. The number of fused-ring (bicyclic) bond motifs is 1. The van der Waals surface area contributed by atoms with Gasteiger partial charge in [0.2, 0.25) is 0 Å². The van der Waals surface area contributed by atoms with E-state index in [4.69, 9.17) is 0 Å². The molecule has 0 aliphatic carbocycles. The van der Waals surface area contributed by atoms with Gasteiger partial charge in [-0.1, -0.05) is 17.3 Å². The molecule has 3 rings (SSSR count). The lowest BCUT2D eigenvalue weighted by molar-refractivity contribution is 0.151. The smallest absolute Gasteiger partial charge is 0.113 e. The molecule has 19 heavy (non-hydrogen) atoms. The summed E-state index contributed by atoms with van der Waals surface area (Å²) in [6, 6.07) is 8.15. The van der Waals surface area contributed by atoms with Crippen molar-refractivity contribution >= 4 is 11.0 Å². The Bertz CT molecular complexity index is 527. The Labute approximate surface area is 113 Å². The van der Waals surface area contributed by atoms with E-state index in [0.717, 1.165) is 30.5 Å². The maximum atomic E-state index is 4.23. The molecule has 5 nitrogen and oxygen atoms in total. The molecule has 0 bridgehead atoms. The minimum absolute atomic E-state index is 0.951. The van der Waals surface area contributed by atoms with Gasteiger partial charge in [-0.2, -0.15) is 0 Å². The number of piperazine rings is 1. The summed E-state index contributed by atoms with van der Waals surface area (Å²) in [5, 5.41) is 8.42. The van der Waals surface area contributed by atoms with Crippen LogP contribution in [0.1, 0.15) is 6.42 Å². The number of aromatic nitrogens is 3. The van der Waals surface area contributed by atoms with Crippen LogP contribution in [-0.4, -0.2) is 64.6 Å². The second-order valence-corrected chi connectivity index (χ2v) is 5.30. The van der Waals surface area contributed by atoms with Crippen LogP contribution in [0.4, 0.5) is 0 Å². The lowest BCUT2D eigenvalue weighted by Gasteiger charge is -2.32. The summed E-state index contributed by atoms with van der Waals surface area (Å²) < 4.78 is 2.02. The van der Waals surface area contributed by atoms with Gasteiger partial charge in [-0.25, -0.2) is 4.68 Å². The summed E-state index contributed by atoms with van der Waals surface area (Å²) in [7, 11) is 2.19. The van der Waals surface area contributed by atoms with Crippen LogP contribution in [0.2, 0.25) is 0 Å². The zero-order valence-corrected chi connectivity index (χ0v) is 11.5. The fourth-order valence-electron chi connectivity index (χ4n) is 2.60. The number of rotatable bonds is 4. The lowest BCUT2D eigenvalue weighted by Crippen LogP contribution is -2.44. The Morgan fingerprint density at radius 2 is 1.84 bits per heavy atom. The normalized spacial score (nSPS) is 18.2. The van der Waals surface area contributed by atoms with Crippen LogP contribution in [0.3, 0.4) is 0 Å². The predicted octanol–water partition coefficient (Wildman–Crippen LogP) is 1.07. The van der Waals surface area contributed by atoms with Crippen molar-refractivity contribution in [3.05, 3.63) is 24.3 Å². The van der Waals surface area contributed by atoms with E-state index < -0.39 is 0 Å². The second kappa shape index (κ2) is 5.67. The minimum Gasteiger partial charge on any atom is -0.304 e. The number of para-hydroxylation sites is 1. The number of hydrogen-bond acceptors (Lipinski definition) is 4. The Hall–Kier alpha value is -1.46. The molecule has 2 aromatic rings. The zero-order chi connectivity index (χ0) is 13.1. The van der Waals surface area contributed by atoms with Crippen molar-refractivity contribution in [2.45, 2.75) is 13.0 Å². The molecule has 102 valence electrons. The highest BCUT2D eigenvalue weighted by Crippen LogP contribution is 2.10. The van der Waals surface area contributed by atoms with E-state index >= 15 is 0 Å². The van der Waals surface area contributed by atoms with Crippen molar-refractivity contribution in [2.75, 3.05) is 39.8 Å². The quantitative estimate of drug-likeness (QED) is 0.823. The second-order valence-electron chi connectivity index (χ2n) is 5.30. The Morgan fingerprint density at radius 1 is 1.05 bits per heavy atom. The summed E-state index contributed by atoms with van der Waals surface area (Å²) in [6.45, 7) is 6.86. The predicted molar refractivity (Wildman–Crippen MR) is 76.1 cm³/mol. The highest BCUT2D eigenvalue weighted by Gasteiger charge is 2.13. The van der Waals surface area contributed by atoms with Crippen LogP contribution in [-0.2, 0) is 6.54 Å². The van der Waals surface area contributed by atoms with Gasteiger partial charge in [0.1, 0.15) is 5.52 Å². The van der Waals surface area contributed by atoms with Gasteiger partial charge in [-0.3, -0.25) is 0 Å². The Balaban J connectivity index is 1.52. The summed E-state index contributed by atoms with van der Waals surface area (Å²) >= 11 is 0. The molecule has 0 atom stereocenters. The SMILES string of the molecule is CN1CCN(CCCn2nnc3ccccc32)CC1. The van der Waals surface area contributed by atoms with Crippen LogP contribution in [0.15, 0.2) is 24.3 Å². The molecule has 0 radical (unpaired) electrons. The van der Waals surface area contributed by atoms with Gasteiger partial charge in [0.25, 0.3) is 0 Å². The van der Waals surface area contributed by atoms with Crippen molar-refractivity contribution in [1.29, 1.82) is 0 Å². The van der Waals surface area contributed by atoms with Crippen molar-refractivity contribution in [3.63, 3.8) is 0 Å². The highest BCUT2D eigenvalue weighted by atomic mass is 15.4. The van der Waals surface area contributed by atoms with E-state index in [9.17, 15) is 0 Å². The van der Waals surface area contributed by atoms with E-state index in [0.29, 0.717) is 0 Å². The van der Waals surface area contributed by atoms with Crippen LogP contribution in [0, 0.1) is 0 Å². The Kier molecular flexibility index (Phi) is 3.75. The van der Waals surface area contributed by atoms with E-state index in [1.807, 2.05) is 22.9 Å². The zero-order valence-electron chi connectivity index (χ0n) is 11.5. The first-order chi connectivity index (χ1) is 9.33. The number of hydrogen-bond donors (Lipinski definition) is 0. The number of nitrogens with zero attached hydrogens (tertiary/aromatic N) is 5. The maximum Gasteiger partial charge on any atom is 0.113 e. The minimum atomic E-state index is 0.951. The topological polar surface area (TPSA) is 37.2 Å². The van der Waals surface area contributed by atoms with Gasteiger partial charge in [-0.15, -0.1) is 5.10 Å². The first kappa shape index (κ1) is 12.6. The third kappa shape index (κ3) is 2.93. The largest absolute Gasteiger partial charge is 0.304 e. The first-order valence-electron chi connectivity index (χ1n) is 7.02. The van der Waals surface area contributed by atoms with Crippen molar-refractivity contribution in [1.82, 2.24) is 24.8 Å². The fraction of sp³-hybridized carbons (Fsp3) is 0.571. The lowest BCUT2D eigenvalue weighted by atomic mass is 10.3. The van der Waals surface area contributed by atoms with Crippen molar-refractivity contribution in [3.8, 4) is 0 Å². The molecule has 0 spiro atoms. The van der Waals surface area contributed by atoms with Gasteiger partial charge < -0.3 is 9.80 Å². The van der Waals surface area contributed by atoms with E-state index in [2.05, 4.69) is 33.2 Å². The molecule has 0 amide bonds. The average Bonchev–Trinajstić information content (AvgIpc) is 2.85. The summed E-state index contributed by atoms with van der Waals surface area (Å²) in [6.07, 6.45) is 1.14. The molecule has 1 aliphatic heterocycles. The molecular weight excluding hydrogens is 238 g/mol. The Morgan fingerprint density at radius 3 is 2.68 bits per heavy atom. The summed E-state index contributed by atoms with van der Waals surface area (Å²) in [5.41, 5.74) is 2.13. The number of aryl methyl sites for hydroxylation is 1. The fourth-order valence-corrected chi connectivity index (χ4v) is 2.60. The van der Waals surface area contributed by atoms with Crippen LogP contribution in [0.5, 0.6) is 0 Å². The van der Waals surface area contributed by atoms with Gasteiger partial charge in [-0.05, 0) is 25.6 Å². The molecule has 5 heteroatoms. The van der Waals surface area contributed by atoms with Gasteiger partial charge >= 0.3 is 0 Å². The summed E-state index contributed by atoms with van der Waals surface area (Å²) in [5.74, 6) is 0. The van der Waals surface area contributed by atoms with E-state index in [-0.39, 0.29) is 0 Å². The van der Waals surface area contributed by atoms with Crippen LogP contribution < -0.4 is 0 Å².